The lowest BCUT2D eigenvalue weighted by atomic mass is 10.1. The van der Waals surface area contributed by atoms with E-state index in [0.717, 1.165) is 23.1 Å². The minimum absolute atomic E-state index is 0.157. The van der Waals surface area contributed by atoms with Crippen molar-refractivity contribution in [3.8, 4) is 11.5 Å². The Hall–Kier alpha value is -2.95. The number of nitrogens with zero attached hydrogens (tertiary/aromatic N) is 1. The number of phenols is 1. The molecule has 0 atom stereocenters. The van der Waals surface area contributed by atoms with Crippen LogP contribution in [-0.2, 0) is 13.2 Å². The summed E-state index contributed by atoms with van der Waals surface area (Å²) in [7, 11) is 0. The van der Waals surface area contributed by atoms with Crippen molar-refractivity contribution < 1.29 is 19.7 Å². The molecule has 2 aromatic carbocycles. The molecule has 0 unspecified atom stereocenters. The molecule has 0 aliphatic rings. The van der Waals surface area contributed by atoms with Gasteiger partial charge in [0.1, 0.15) is 18.1 Å². The molecule has 0 radical (unpaired) electrons. The Morgan fingerprint density at radius 1 is 1.17 bits per heavy atom. The Labute approximate surface area is 133 Å². The number of ether oxygens (including phenoxy) is 1. The topological polar surface area (TPSA) is 71.7 Å². The molecule has 0 aliphatic carbocycles. The minimum Gasteiger partial charge on any atom is -0.508 e. The second-order valence-corrected chi connectivity index (χ2v) is 5.24. The summed E-state index contributed by atoms with van der Waals surface area (Å²) in [5, 5.41) is 19.4. The summed E-state index contributed by atoms with van der Waals surface area (Å²) >= 11 is 0. The summed E-state index contributed by atoms with van der Waals surface area (Å²) in [6, 6.07) is 13.7. The lowest BCUT2D eigenvalue weighted by molar-refractivity contribution is 0.0697. The van der Waals surface area contributed by atoms with E-state index in [0.29, 0.717) is 12.4 Å². The predicted octanol–water partition coefficient (Wildman–Crippen LogP) is 3.64. The van der Waals surface area contributed by atoms with Gasteiger partial charge in [-0.2, -0.15) is 0 Å². The number of fused-ring (bicyclic) bond motifs is 1. The second kappa shape index (κ2) is 6.04. The van der Waals surface area contributed by atoms with Crippen LogP contribution in [0.25, 0.3) is 10.9 Å². The van der Waals surface area contributed by atoms with Crippen LogP contribution in [-0.4, -0.2) is 20.7 Å². The molecule has 23 heavy (non-hydrogen) atoms. The first-order valence-electron chi connectivity index (χ1n) is 7.35. The first-order valence-corrected chi connectivity index (χ1v) is 7.35. The molecule has 1 aromatic heterocycles. The number of phenolic OH excluding ortho intramolecular Hbond substituents is 1. The Bertz CT molecular complexity index is 867. The molecular formula is C18H17NO4. The third kappa shape index (κ3) is 2.99. The lowest BCUT2D eigenvalue weighted by Gasteiger charge is -2.10. The number of aromatic hydroxyl groups is 1. The van der Waals surface area contributed by atoms with Crippen LogP contribution in [0.1, 0.15) is 23.0 Å². The quantitative estimate of drug-likeness (QED) is 0.754. The number of hydrogen-bond acceptors (Lipinski definition) is 3. The SMILES string of the molecule is CCn1c(COc2cccc(O)c2)cc2cc(C(=O)O)ccc21. The van der Waals surface area contributed by atoms with Crippen molar-refractivity contribution in [2.45, 2.75) is 20.1 Å². The molecule has 5 heteroatoms. The zero-order valence-electron chi connectivity index (χ0n) is 12.7. The van der Waals surface area contributed by atoms with Gasteiger partial charge in [0.25, 0.3) is 0 Å². The number of aromatic carboxylic acids is 1. The van der Waals surface area contributed by atoms with Crippen LogP contribution in [0.2, 0.25) is 0 Å². The highest BCUT2D eigenvalue weighted by Gasteiger charge is 2.11. The number of benzene rings is 2. The molecule has 1 heterocycles. The highest BCUT2D eigenvalue weighted by Crippen LogP contribution is 2.24. The molecule has 3 aromatic rings. The number of aryl methyl sites for hydroxylation is 1. The van der Waals surface area contributed by atoms with Crippen LogP contribution in [0.15, 0.2) is 48.5 Å². The molecule has 118 valence electrons. The second-order valence-electron chi connectivity index (χ2n) is 5.24. The molecule has 5 nitrogen and oxygen atoms in total. The van der Waals surface area contributed by atoms with Gasteiger partial charge in [0, 0.05) is 23.5 Å². The monoisotopic (exact) mass is 311 g/mol. The lowest BCUT2D eigenvalue weighted by Crippen LogP contribution is -2.04. The smallest absolute Gasteiger partial charge is 0.335 e. The third-order valence-electron chi connectivity index (χ3n) is 3.75. The van der Waals surface area contributed by atoms with Crippen LogP contribution < -0.4 is 4.74 Å². The zero-order valence-corrected chi connectivity index (χ0v) is 12.7. The van der Waals surface area contributed by atoms with E-state index in [-0.39, 0.29) is 11.3 Å². The van der Waals surface area contributed by atoms with Crippen molar-refractivity contribution in [2.24, 2.45) is 0 Å². The Kier molecular flexibility index (Phi) is 3.93. The summed E-state index contributed by atoms with van der Waals surface area (Å²) in [6.07, 6.45) is 0. The molecule has 2 N–H and O–H groups in total. The predicted molar refractivity (Wildman–Crippen MR) is 87.0 cm³/mol. The number of carboxylic acid groups (broad SMARTS) is 1. The van der Waals surface area contributed by atoms with Gasteiger partial charge in [-0.05, 0) is 43.3 Å². The highest BCUT2D eigenvalue weighted by molar-refractivity contribution is 5.94. The first-order chi connectivity index (χ1) is 11.1. The van der Waals surface area contributed by atoms with Gasteiger partial charge in [-0.25, -0.2) is 4.79 Å². The van der Waals surface area contributed by atoms with Crippen molar-refractivity contribution in [3.63, 3.8) is 0 Å². The third-order valence-corrected chi connectivity index (χ3v) is 3.75. The number of aromatic nitrogens is 1. The van der Waals surface area contributed by atoms with Gasteiger partial charge in [0.05, 0.1) is 11.3 Å². The summed E-state index contributed by atoms with van der Waals surface area (Å²) < 4.78 is 7.81. The maximum Gasteiger partial charge on any atom is 0.335 e. The average molecular weight is 311 g/mol. The molecular weight excluding hydrogens is 294 g/mol. The zero-order chi connectivity index (χ0) is 16.4. The standard InChI is InChI=1S/C18H17NO4/c1-2-19-14(11-23-16-5-3-4-15(20)10-16)9-13-8-12(18(21)22)6-7-17(13)19/h3-10,20H,2,11H2,1H3,(H,21,22). The molecule has 0 fully saturated rings. The maximum absolute atomic E-state index is 11.1. The number of hydrogen-bond donors (Lipinski definition) is 2. The molecule has 0 saturated heterocycles. The van der Waals surface area contributed by atoms with E-state index in [2.05, 4.69) is 4.57 Å². The summed E-state index contributed by atoms with van der Waals surface area (Å²) in [5.74, 6) is -0.192. The van der Waals surface area contributed by atoms with E-state index in [1.54, 1.807) is 36.4 Å². The van der Waals surface area contributed by atoms with Crippen LogP contribution in [0.3, 0.4) is 0 Å². The van der Waals surface area contributed by atoms with Gasteiger partial charge in [0.15, 0.2) is 0 Å². The molecule has 0 saturated carbocycles. The van der Waals surface area contributed by atoms with Crippen molar-refractivity contribution in [1.29, 1.82) is 0 Å². The van der Waals surface area contributed by atoms with Gasteiger partial charge in [-0.15, -0.1) is 0 Å². The van der Waals surface area contributed by atoms with E-state index in [9.17, 15) is 9.90 Å². The Morgan fingerprint density at radius 3 is 2.70 bits per heavy atom. The number of carboxylic acids is 1. The van der Waals surface area contributed by atoms with Gasteiger partial charge >= 0.3 is 5.97 Å². The maximum atomic E-state index is 11.1. The van der Waals surface area contributed by atoms with E-state index in [1.165, 1.54) is 0 Å². The fourth-order valence-electron chi connectivity index (χ4n) is 2.68. The van der Waals surface area contributed by atoms with E-state index >= 15 is 0 Å². The highest BCUT2D eigenvalue weighted by atomic mass is 16.5. The number of carbonyl (C=O) groups is 1. The Morgan fingerprint density at radius 2 is 2.00 bits per heavy atom. The van der Waals surface area contributed by atoms with Crippen LogP contribution in [0, 0.1) is 0 Å². The number of rotatable bonds is 5. The summed E-state index contributed by atoms with van der Waals surface area (Å²) in [5.41, 5.74) is 2.20. The van der Waals surface area contributed by atoms with Crippen molar-refractivity contribution >= 4 is 16.9 Å². The average Bonchev–Trinajstić information content (AvgIpc) is 2.89. The fourth-order valence-corrected chi connectivity index (χ4v) is 2.68. The summed E-state index contributed by atoms with van der Waals surface area (Å²) in [6.45, 7) is 3.13. The van der Waals surface area contributed by atoms with Gasteiger partial charge < -0.3 is 19.5 Å². The van der Waals surface area contributed by atoms with Crippen LogP contribution >= 0.6 is 0 Å². The van der Waals surface area contributed by atoms with Crippen molar-refractivity contribution in [2.75, 3.05) is 0 Å². The summed E-state index contributed by atoms with van der Waals surface area (Å²) in [4.78, 5) is 11.1. The normalized spacial score (nSPS) is 10.8. The molecule has 0 amide bonds. The largest absolute Gasteiger partial charge is 0.508 e. The van der Waals surface area contributed by atoms with E-state index in [1.807, 2.05) is 19.1 Å². The molecule has 0 bridgehead atoms. The van der Waals surface area contributed by atoms with E-state index in [4.69, 9.17) is 9.84 Å². The molecule has 0 aliphatic heterocycles. The van der Waals surface area contributed by atoms with Gasteiger partial charge in [0.2, 0.25) is 0 Å². The van der Waals surface area contributed by atoms with Gasteiger partial charge in [-0.3, -0.25) is 0 Å². The van der Waals surface area contributed by atoms with Crippen molar-refractivity contribution in [3.05, 3.63) is 59.8 Å². The first kappa shape index (κ1) is 15.0. The van der Waals surface area contributed by atoms with Crippen LogP contribution in [0.4, 0.5) is 0 Å². The van der Waals surface area contributed by atoms with E-state index < -0.39 is 5.97 Å². The van der Waals surface area contributed by atoms with Crippen LogP contribution in [0.5, 0.6) is 11.5 Å². The Balaban J connectivity index is 1.92. The molecule has 0 spiro atoms. The van der Waals surface area contributed by atoms with Gasteiger partial charge in [-0.1, -0.05) is 6.07 Å². The molecule has 3 rings (SSSR count). The minimum atomic E-state index is -0.936. The van der Waals surface area contributed by atoms with Crippen molar-refractivity contribution in [1.82, 2.24) is 4.57 Å². The fraction of sp³-hybridized carbons (Fsp3) is 0.167.